The number of amides is 1. The highest BCUT2D eigenvalue weighted by Gasteiger charge is 2.18. The summed E-state index contributed by atoms with van der Waals surface area (Å²) in [4.78, 5) is 14.9. The molecule has 5 heteroatoms. The van der Waals surface area contributed by atoms with Crippen molar-refractivity contribution in [2.24, 2.45) is 5.84 Å². The number of halogens is 1. The molecule has 0 fully saturated rings. The Morgan fingerprint density at radius 3 is 2.50 bits per heavy atom. The molecule has 1 heterocycles. The molecule has 0 saturated carbocycles. The second-order valence-electron chi connectivity index (χ2n) is 4.40. The first-order chi connectivity index (χ1) is 9.70. The van der Waals surface area contributed by atoms with Crippen LogP contribution in [0.4, 0.5) is 4.39 Å². The number of fused-ring (bicyclic) bond motifs is 1. The number of nitrogens with two attached hydrogens (primary N) is 1. The van der Waals surface area contributed by atoms with Gasteiger partial charge in [0, 0.05) is 16.5 Å². The summed E-state index contributed by atoms with van der Waals surface area (Å²) in [6.45, 7) is 0. The number of hydrazine groups is 1. The second-order valence-corrected chi connectivity index (χ2v) is 4.40. The lowest BCUT2D eigenvalue weighted by molar-refractivity contribution is 0.0950. The average molecular weight is 269 g/mol. The van der Waals surface area contributed by atoms with Crippen LogP contribution in [0.3, 0.4) is 0 Å². The molecule has 0 aliphatic carbocycles. The first-order valence-electron chi connectivity index (χ1n) is 6.08. The van der Waals surface area contributed by atoms with Gasteiger partial charge in [0.2, 0.25) is 0 Å². The van der Waals surface area contributed by atoms with Crippen LogP contribution in [0, 0.1) is 5.82 Å². The van der Waals surface area contributed by atoms with Crippen LogP contribution in [0.5, 0.6) is 0 Å². The number of carbonyl (C=O) groups excluding carboxylic acids is 1. The summed E-state index contributed by atoms with van der Waals surface area (Å²) in [6, 6.07) is 13.5. The van der Waals surface area contributed by atoms with E-state index in [-0.39, 0.29) is 5.82 Å². The van der Waals surface area contributed by atoms with Crippen LogP contribution in [-0.4, -0.2) is 10.9 Å². The fourth-order valence-electron chi connectivity index (χ4n) is 2.30. The van der Waals surface area contributed by atoms with E-state index in [0.29, 0.717) is 11.3 Å². The number of carbonyl (C=O) groups is 1. The van der Waals surface area contributed by atoms with Crippen molar-refractivity contribution in [1.29, 1.82) is 0 Å². The Balaban J connectivity index is 2.31. The number of nitrogens with one attached hydrogen (secondary N) is 2. The predicted molar refractivity (Wildman–Crippen MR) is 75.3 cm³/mol. The first-order valence-corrected chi connectivity index (χ1v) is 6.08. The SMILES string of the molecule is NNC(=O)c1[nH]c2ccccc2c1-c1ccc(F)cc1. The van der Waals surface area contributed by atoms with Crippen LogP contribution in [0.25, 0.3) is 22.0 Å². The van der Waals surface area contributed by atoms with E-state index in [4.69, 9.17) is 5.84 Å². The molecule has 0 spiro atoms. The molecule has 0 atom stereocenters. The molecule has 100 valence electrons. The zero-order valence-electron chi connectivity index (χ0n) is 10.5. The van der Waals surface area contributed by atoms with Crippen molar-refractivity contribution in [2.45, 2.75) is 0 Å². The van der Waals surface area contributed by atoms with E-state index in [1.165, 1.54) is 12.1 Å². The van der Waals surface area contributed by atoms with E-state index in [0.717, 1.165) is 16.5 Å². The van der Waals surface area contributed by atoms with Gasteiger partial charge in [0.25, 0.3) is 5.91 Å². The van der Waals surface area contributed by atoms with E-state index < -0.39 is 5.91 Å². The number of aromatic amines is 1. The number of hydrogen-bond acceptors (Lipinski definition) is 2. The Labute approximate surface area is 114 Å². The number of para-hydroxylation sites is 1. The zero-order valence-corrected chi connectivity index (χ0v) is 10.5. The zero-order chi connectivity index (χ0) is 14.1. The highest BCUT2D eigenvalue weighted by molar-refractivity contribution is 6.09. The Morgan fingerprint density at radius 1 is 1.10 bits per heavy atom. The third kappa shape index (κ3) is 1.94. The lowest BCUT2D eigenvalue weighted by Gasteiger charge is -2.04. The summed E-state index contributed by atoms with van der Waals surface area (Å²) in [5, 5.41) is 0.887. The smallest absolute Gasteiger partial charge is 0.282 e. The van der Waals surface area contributed by atoms with Gasteiger partial charge in [-0.25, -0.2) is 10.2 Å². The normalized spacial score (nSPS) is 10.7. The molecule has 3 rings (SSSR count). The van der Waals surface area contributed by atoms with Crippen molar-refractivity contribution in [3.8, 4) is 11.1 Å². The molecular weight excluding hydrogens is 257 g/mol. The minimum atomic E-state index is -0.416. The molecule has 4 nitrogen and oxygen atoms in total. The Bertz CT molecular complexity index is 777. The number of rotatable bonds is 2. The summed E-state index contributed by atoms with van der Waals surface area (Å²) in [5.41, 5.74) is 4.77. The van der Waals surface area contributed by atoms with Crippen LogP contribution in [0.2, 0.25) is 0 Å². The molecule has 0 radical (unpaired) electrons. The summed E-state index contributed by atoms with van der Waals surface area (Å²) in [5.74, 6) is 4.48. The molecule has 1 amide bonds. The molecule has 0 aliphatic heterocycles. The van der Waals surface area contributed by atoms with Gasteiger partial charge in [-0.15, -0.1) is 0 Å². The molecule has 4 N–H and O–H groups in total. The Hall–Kier alpha value is -2.66. The van der Waals surface area contributed by atoms with E-state index in [1.54, 1.807) is 12.1 Å². The Morgan fingerprint density at radius 2 is 1.80 bits per heavy atom. The van der Waals surface area contributed by atoms with E-state index in [9.17, 15) is 9.18 Å². The molecule has 0 saturated heterocycles. The molecule has 2 aromatic carbocycles. The topological polar surface area (TPSA) is 70.9 Å². The highest BCUT2D eigenvalue weighted by atomic mass is 19.1. The van der Waals surface area contributed by atoms with Gasteiger partial charge in [0.05, 0.1) is 0 Å². The molecule has 1 aromatic heterocycles. The van der Waals surface area contributed by atoms with Crippen molar-refractivity contribution < 1.29 is 9.18 Å². The Kier molecular flexibility index (Phi) is 2.96. The van der Waals surface area contributed by atoms with Crippen molar-refractivity contribution in [1.82, 2.24) is 10.4 Å². The molecule has 0 unspecified atom stereocenters. The predicted octanol–water partition coefficient (Wildman–Crippen LogP) is 2.58. The van der Waals surface area contributed by atoms with Crippen molar-refractivity contribution in [3.63, 3.8) is 0 Å². The van der Waals surface area contributed by atoms with Gasteiger partial charge >= 0.3 is 0 Å². The lowest BCUT2D eigenvalue weighted by Crippen LogP contribution is -2.30. The maximum Gasteiger partial charge on any atom is 0.282 e. The van der Waals surface area contributed by atoms with Crippen molar-refractivity contribution in [3.05, 3.63) is 60.0 Å². The number of hydrogen-bond donors (Lipinski definition) is 3. The third-order valence-corrected chi connectivity index (χ3v) is 3.20. The molecule has 20 heavy (non-hydrogen) atoms. The van der Waals surface area contributed by atoms with Crippen LogP contribution < -0.4 is 11.3 Å². The van der Waals surface area contributed by atoms with Crippen molar-refractivity contribution in [2.75, 3.05) is 0 Å². The quantitative estimate of drug-likeness (QED) is 0.380. The fourth-order valence-corrected chi connectivity index (χ4v) is 2.30. The van der Waals surface area contributed by atoms with Gasteiger partial charge in [-0.2, -0.15) is 0 Å². The number of H-pyrrole nitrogens is 1. The lowest BCUT2D eigenvalue weighted by atomic mass is 10.0. The minimum Gasteiger partial charge on any atom is -0.350 e. The molecular formula is C15H12FN3O. The van der Waals surface area contributed by atoms with Gasteiger partial charge in [0.1, 0.15) is 11.5 Å². The molecule has 0 bridgehead atoms. The maximum atomic E-state index is 13.1. The van der Waals surface area contributed by atoms with Gasteiger partial charge in [-0.1, -0.05) is 30.3 Å². The fraction of sp³-hybridized carbons (Fsp3) is 0. The van der Waals surface area contributed by atoms with Crippen LogP contribution in [0.1, 0.15) is 10.5 Å². The third-order valence-electron chi connectivity index (χ3n) is 3.20. The second kappa shape index (κ2) is 4.79. The molecule has 3 aromatic rings. The first kappa shape index (κ1) is 12.4. The van der Waals surface area contributed by atoms with Gasteiger partial charge in [-0.3, -0.25) is 10.2 Å². The summed E-state index contributed by atoms with van der Waals surface area (Å²) in [7, 11) is 0. The largest absolute Gasteiger partial charge is 0.350 e. The monoisotopic (exact) mass is 269 g/mol. The average Bonchev–Trinajstić information content (AvgIpc) is 2.87. The number of benzene rings is 2. The van der Waals surface area contributed by atoms with E-state index in [2.05, 4.69) is 10.4 Å². The standard InChI is InChI=1S/C15H12FN3O/c16-10-7-5-9(6-8-10)13-11-3-1-2-4-12(11)18-14(13)15(20)19-17/h1-8,18H,17H2,(H,19,20). The van der Waals surface area contributed by atoms with Crippen molar-refractivity contribution >= 4 is 16.8 Å². The van der Waals surface area contributed by atoms with E-state index >= 15 is 0 Å². The van der Waals surface area contributed by atoms with Crippen LogP contribution >= 0.6 is 0 Å². The summed E-state index contributed by atoms with van der Waals surface area (Å²) < 4.78 is 13.1. The summed E-state index contributed by atoms with van der Waals surface area (Å²) >= 11 is 0. The van der Waals surface area contributed by atoms with Crippen LogP contribution in [-0.2, 0) is 0 Å². The number of nitrogen functional groups attached to an aromatic ring is 1. The minimum absolute atomic E-state index is 0.321. The van der Waals surface area contributed by atoms with E-state index in [1.807, 2.05) is 24.3 Å². The van der Waals surface area contributed by atoms with Gasteiger partial charge in [-0.05, 0) is 23.8 Å². The van der Waals surface area contributed by atoms with Crippen LogP contribution in [0.15, 0.2) is 48.5 Å². The van der Waals surface area contributed by atoms with Gasteiger partial charge < -0.3 is 4.98 Å². The van der Waals surface area contributed by atoms with Gasteiger partial charge in [0.15, 0.2) is 0 Å². The maximum absolute atomic E-state index is 13.1. The summed E-state index contributed by atoms with van der Waals surface area (Å²) in [6.07, 6.45) is 0. The highest BCUT2D eigenvalue weighted by Crippen LogP contribution is 2.32. The number of aromatic nitrogens is 1. The molecule has 0 aliphatic rings.